The smallest absolute Gasteiger partial charge is 0.276 e. The summed E-state index contributed by atoms with van der Waals surface area (Å²) in [5.41, 5.74) is 1.19. The van der Waals surface area contributed by atoms with E-state index in [0.717, 1.165) is 30.1 Å². The van der Waals surface area contributed by atoms with Gasteiger partial charge < -0.3 is 13.9 Å². The second-order valence-corrected chi connectivity index (χ2v) is 5.80. The third kappa shape index (κ3) is 2.57. The first-order chi connectivity index (χ1) is 10.1. The van der Waals surface area contributed by atoms with Crippen LogP contribution in [0.4, 0.5) is 0 Å². The molecule has 0 aliphatic carbocycles. The summed E-state index contributed by atoms with van der Waals surface area (Å²) in [5.74, 6) is 1.57. The molecule has 1 aliphatic rings. The van der Waals surface area contributed by atoms with E-state index in [-0.39, 0.29) is 17.9 Å². The van der Waals surface area contributed by atoms with Crippen LogP contribution < -0.4 is 0 Å². The monoisotopic (exact) mass is 289 g/mol. The van der Waals surface area contributed by atoms with Crippen molar-refractivity contribution in [2.75, 3.05) is 6.54 Å². The van der Waals surface area contributed by atoms with Gasteiger partial charge >= 0.3 is 0 Å². The first kappa shape index (κ1) is 13.9. The number of carbonyl (C=O) groups is 1. The zero-order chi connectivity index (χ0) is 15.0. The molecule has 6 nitrogen and oxygen atoms in total. The standard InChI is InChI=1S/C15H19N3O3/c1-9(2)13-8-11(17-20-13)15(19)18-6-4-5-12(18)14-7-10(3)16-21-14/h7-9,12H,4-6H2,1-3H3. The summed E-state index contributed by atoms with van der Waals surface area (Å²) in [6.07, 6.45) is 1.83. The lowest BCUT2D eigenvalue weighted by atomic mass is 10.1. The van der Waals surface area contributed by atoms with Crippen molar-refractivity contribution >= 4 is 5.91 Å². The molecule has 2 aromatic rings. The Labute approximate surface area is 123 Å². The number of rotatable bonds is 3. The van der Waals surface area contributed by atoms with Crippen LogP contribution in [0.25, 0.3) is 0 Å². The molecule has 1 atom stereocenters. The van der Waals surface area contributed by atoms with Gasteiger partial charge in [-0.3, -0.25) is 4.79 Å². The van der Waals surface area contributed by atoms with Crippen LogP contribution in [0.15, 0.2) is 21.2 Å². The Kier molecular flexibility index (Phi) is 3.53. The minimum atomic E-state index is -0.109. The largest absolute Gasteiger partial charge is 0.360 e. The van der Waals surface area contributed by atoms with E-state index in [4.69, 9.17) is 9.05 Å². The SMILES string of the molecule is Cc1cc(C2CCCN2C(=O)c2cc(C(C)C)on2)on1. The number of amides is 1. The van der Waals surface area contributed by atoms with Gasteiger partial charge in [0.25, 0.3) is 5.91 Å². The zero-order valence-corrected chi connectivity index (χ0v) is 12.5. The predicted molar refractivity (Wildman–Crippen MR) is 74.8 cm³/mol. The molecule has 21 heavy (non-hydrogen) atoms. The van der Waals surface area contributed by atoms with Gasteiger partial charge in [0.1, 0.15) is 5.76 Å². The van der Waals surface area contributed by atoms with Crippen LogP contribution in [0, 0.1) is 6.92 Å². The van der Waals surface area contributed by atoms with E-state index in [1.165, 1.54) is 0 Å². The van der Waals surface area contributed by atoms with E-state index >= 15 is 0 Å². The molecule has 0 bridgehead atoms. The molecule has 3 rings (SSSR count). The Hall–Kier alpha value is -2.11. The van der Waals surface area contributed by atoms with Crippen molar-refractivity contribution < 1.29 is 13.8 Å². The molecule has 1 unspecified atom stereocenters. The maximum atomic E-state index is 12.6. The minimum Gasteiger partial charge on any atom is -0.360 e. The first-order valence-electron chi connectivity index (χ1n) is 7.27. The van der Waals surface area contributed by atoms with Crippen molar-refractivity contribution in [2.45, 2.75) is 45.6 Å². The van der Waals surface area contributed by atoms with Crippen LogP contribution in [-0.2, 0) is 0 Å². The number of carbonyl (C=O) groups excluding carboxylic acids is 1. The van der Waals surface area contributed by atoms with Gasteiger partial charge in [-0.25, -0.2) is 0 Å². The molecule has 1 fully saturated rings. The second-order valence-electron chi connectivity index (χ2n) is 5.80. The summed E-state index contributed by atoms with van der Waals surface area (Å²) in [6.45, 7) is 6.59. The number of likely N-dealkylation sites (tertiary alicyclic amines) is 1. The molecule has 3 heterocycles. The number of hydrogen-bond donors (Lipinski definition) is 0. The van der Waals surface area contributed by atoms with Crippen LogP contribution >= 0.6 is 0 Å². The van der Waals surface area contributed by atoms with Crippen molar-refractivity contribution in [1.29, 1.82) is 0 Å². The molecule has 0 saturated carbocycles. The Balaban J connectivity index is 1.82. The van der Waals surface area contributed by atoms with Gasteiger partial charge in [0.05, 0.1) is 11.7 Å². The van der Waals surface area contributed by atoms with Crippen molar-refractivity contribution in [2.24, 2.45) is 0 Å². The fraction of sp³-hybridized carbons (Fsp3) is 0.533. The van der Waals surface area contributed by atoms with Crippen LogP contribution in [0.1, 0.15) is 66.4 Å². The molecule has 0 N–H and O–H groups in total. The molecular weight excluding hydrogens is 270 g/mol. The van der Waals surface area contributed by atoms with Gasteiger partial charge in [-0.1, -0.05) is 24.2 Å². The number of aryl methyl sites for hydroxylation is 1. The van der Waals surface area contributed by atoms with E-state index in [1.807, 2.05) is 26.8 Å². The highest BCUT2D eigenvalue weighted by atomic mass is 16.5. The van der Waals surface area contributed by atoms with Crippen molar-refractivity contribution in [3.8, 4) is 0 Å². The van der Waals surface area contributed by atoms with Gasteiger partial charge in [-0.2, -0.15) is 0 Å². The lowest BCUT2D eigenvalue weighted by Gasteiger charge is -2.21. The maximum absolute atomic E-state index is 12.6. The summed E-state index contributed by atoms with van der Waals surface area (Å²) in [5, 5.41) is 7.81. The summed E-state index contributed by atoms with van der Waals surface area (Å²) in [7, 11) is 0. The van der Waals surface area contributed by atoms with E-state index in [1.54, 1.807) is 11.0 Å². The Morgan fingerprint density at radius 1 is 1.33 bits per heavy atom. The van der Waals surface area contributed by atoms with E-state index in [0.29, 0.717) is 12.2 Å². The Morgan fingerprint density at radius 2 is 2.14 bits per heavy atom. The summed E-state index contributed by atoms with van der Waals surface area (Å²) < 4.78 is 10.5. The predicted octanol–water partition coefficient (Wildman–Crippen LogP) is 3.07. The van der Waals surface area contributed by atoms with Crippen molar-refractivity contribution in [1.82, 2.24) is 15.2 Å². The molecule has 0 radical (unpaired) electrons. The molecule has 0 spiro atoms. The molecule has 2 aromatic heterocycles. The summed E-state index contributed by atoms with van der Waals surface area (Å²) in [4.78, 5) is 14.4. The minimum absolute atomic E-state index is 0.0575. The van der Waals surface area contributed by atoms with E-state index < -0.39 is 0 Å². The Bertz CT molecular complexity index is 644. The second kappa shape index (κ2) is 5.35. The Morgan fingerprint density at radius 3 is 2.76 bits per heavy atom. The molecule has 1 amide bonds. The molecular formula is C15H19N3O3. The molecule has 0 aromatic carbocycles. The highest BCUT2D eigenvalue weighted by molar-refractivity contribution is 5.92. The van der Waals surface area contributed by atoms with Gasteiger partial charge in [0.2, 0.25) is 0 Å². The normalized spacial score (nSPS) is 18.7. The molecule has 112 valence electrons. The van der Waals surface area contributed by atoms with Gasteiger partial charge in [-0.05, 0) is 19.8 Å². The average Bonchev–Trinajstić information content (AvgIpc) is 3.17. The third-order valence-electron chi connectivity index (χ3n) is 3.80. The summed E-state index contributed by atoms with van der Waals surface area (Å²) >= 11 is 0. The van der Waals surface area contributed by atoms with E-state index in [2.05, 4.69) is 10.3 Å². The highest BCUT2D eigenvalue weighted by Gasteiger charge is 2.34. The summed E-state index contributed by atoms with van der Waals surface area (Å²) in [6, 6.07) is 3.56. The van der Waals surface area contributed by atoms with Crippen LogP contribution in [0.3, 0.4) is 0 Å². The third-order valence-corrected chi connectivity index (χ3v) is 3.80. The average molecular weight is 289 g/mol. The van der Waals surface area contributed by atoms with Gasteiger partial charge in [0.15, 0.2) is 11.5 Å². The topological polar surface area (TPSA) is 72.4 Å². The maximum Gasteiger partial charge on any atom is 0.276 e. The van der Waals surface area contributed by atoms with Gasteiger partial charge in [-0.15, -0.1) is 0 Å². The highest BCUT2D eigenvalue weighted by Crippen LogP contribution is 2.33. The number of aromatic nitrogens is 2. The number of hydrogen-bond acceptors (Lipinski definition) is 5. The van der Waals surface area contributed by atoms with Crippen LogP contribution in [0.2, 0.25) is 0 Å². The van der Waals surface area contributed by atoms with Crippen molar-refractivity contribution in [3.05, 3.63) is 35.0 Å². The van der Waals surface area contributed by atoms with Crippen LogP contribution in [-0.4, -0.2) is 27.7 Å². The zero-order valence-electron chi connectivity index (χ0n) is 12.5. The molecule has 1 aliphatic heterocycles. The fourth-order valence-electron chi connectivity index (χ4n) is 2.66. The lowest BCUT2D eigenvalue weighted by Crippen LogP contribution is -2.30. The van der Waals surface area contributed by atoms with E-state index in [9.17, 15) is 4.79 Å². The van der Waals surface area contributed by atoms with Crippen molar-refractivity contribution in [3.63, 3.8) is 0 Å². The van der Waals surface area contributed by atoms with Gasteiger partial charge in [0, 0.05) is 24.6 Å². The number of nitrogens with zero attached hydrogens (tertiary/aromatic N) is 3. The van der Waals surface area contributed by atoms with Crippen LogP contribution in [0.5, 0.6) is 0 Å². The lowest BCUT2D eigenvalue weighted by molar-refractivity contribution is 0.0704. The molecule has 1 saturated heterocycles. The first-order valence-corrected chi connectivity index (χ1v) is 7.27. The quantitative estimate of drug-likeness (QED) is 0.868. The molecule has 6 heteroatoms. The fourth-order valence-corrected chi connectivity index (χ4v) is 2.66.